The molecule has 0 radical (unpaired) electrons. The zero-order chi connectivity index (χ0) is 22.8. The second-order valence-corrected chi connectivity index (χ2v) is 6.47. The molecule has 0 saturated carbocycles. The Morgan fingerprint density at radius 2 is 0.812 bits per heavy atom. The fourth-order valence-electron chi connectivity index (χ4n) is 2.33. The van der Waals surface area contributed by atoms with Gasteiger partial charge in [-0.25, -0.2) is 0 Å². The van der Waals surface area contributed by atoms with Crippen LogP contribution in [0.1, 0.15) is 5.56 Å². The number of ether oxygens (including phenoxy) is 8. The smallest absolute Gasteiger partial charge is 0.107 e. The highest BCUT2D eigenvalue weighted by atomic mass is 16.6. The SMILES string of the molecule is C#CCOCCOCCOCCOCCOCCOCCOCCOCc1ccccc1. The van der Waals surface area contributed by atoms with Crippen molar-refractivity contribution in [3.05, 3.63) is 35.9 Å². The molecule has 0 spiro atoms. The van der Waals surface area contributed by atoms with Crippen LogP contribution in [-0.4, -0.2) is 99.1 Å². The Balaban J connectivity index is 1.65. The molecule has 0 aromatic heterocycles. The minimum absolute atomic E-state index is 0.315. The first-order valence-electron chi connectivity index (χ1n) is 11.0. The standard InChI is InChI=1S/C24H38O8/c1-2-8-25-9-10-26-11-12-27-13-14-28-15-16-29-17-18-30-19-20-31-21-22-32-23-24-6-4-3-5-7-24/h1,3-7H,8-23H2. The third-order valence-electron chi connectivity index (χ3n) is 3.90. The summed E-state index contributed by atoms with van der Waals surface area (Å²) in [4.78, 5) is 0. The monoisotopic (exact) mass is 454 g/mol. The van der Waals surface area contributed by atoms with E-state index in [4.69, 9.17) is 44.3 Å². The lowest BCUT2D eigenvalue weighted by Gasteiger charge is -2.08. The molecule has 0 amide bonds. The summed E-state index contributed by atoms with van der Waals surface area (Å²) in [6.45, 7) is 8.36. The lowest BCUT2D eigenvalue weighted by Crippen LogP contribution is -2.15. The topological polar surface area (TPSA) is 73.8 Å². The normalized spacial score (nSPS) is 11.0. The van der Waals surface area contributed by atoms with E-state index in [-0.39, 0.29) is 0 Å². The van der Waals surface area contributed by atoms with Gasteiger partial charge in [-0.2, -0.15) is 0 Å². The van der Waals surface area contributed by atoms with Crippen molar-refractivity contribution in [1.82, 2.24) is 0 Å². The summed E-state index contributed by atoms with van der Waals surface area (Å²) < 4.78 is 43.1. The van der Waals surface area contributed by atoms with Gasteiger partial charge in [0, 0.05) is 0 Å². The molecule has 1 rings (SSSR count). The van der Waals surface area contributed by atoms with Gasteiger partial charge in [0.05, 0.1) is 99.1 Å². The zero-order valence-corrected chi connectivity index (χ0v) is 19.0. The Labute approximate surface area is 192 Å². The molecule has 0 heterocycles. The largest absolute Gasteiger partial charge is 0.377 e. The van der Waals surface area contributed by atoms with Gasteiger partial charge in [-0.3, -0.25) is 0 Å². The third-order valence-corrected chi connectivity index (χ3v) is 3.90. The van der Waals surface area contributed by atoms with E-state index in [0.29, 0.717) is 106 Å². The van der Waals surface area contributed by atoms with Crippen LogP contribution < -0.4 is 0 Å². The zero-order valence-electron chi connectivity index (χ0n) is 19.0. The summed E-state index contributed by atoms with van der Waals surface area (Å²) in [6, 6.07) is 10.1. The van der Waals surface area contributed by atoms with Crippen molar-refractivity contribution >= 4 is 0 Å². The van der Waals surface area contributed by atoms with Gasteiger partial charge in [0.2, 0.25) is 0 Å². The fourth-order valence-corrected chi connectivity index (χ4v) is 2.33. The van der Waals surface area contributed by atoms with Gasteiger partial charge in [0.1, 0.15) is 6.61 Å². The molecule has 1 aromatic carbocycles. The van der Waals surface area contributed by atoms with Gasteiger partial charge in [-0.1, -0.05) is 36.3 Å². The minimum Gasteiger partial charge on any atom is -0.377 e. The van der Waals surface area contributed by atoms with Crippen molar-refractivity contribution in [2.45, 2.75) is 6.61 Å². The lowest BCUT2D eigenvalue weighted by atomic mass is 10.2. The number of benzene rings is 1. The van der Waals surface area contributed by atoms with Gasteiger partial charge in [0.25, 0.3) is 0 Å². The molecular weight excluding hydrogens is 416 g/mol. The molecule has 0 aliphatic rings. The van der Waals surface area contributed by atoms with Gasteiger partial charge < -0.3 is 37.9 Å². The van der Waals surface area contributed by atoms with Crippen LogP contribution in [0.4, 0.5) is 0 Å². The van der Waals surface area contributed by atoms with Gasteiger partial charge in [-0.05, 0) is 5.56 Å². The molecule has 8 nitrogen and oxygen atoms in total. The lowest BCUT2D eigenvalue weighted by molar-refractivity contribution is -0.0230. The van der Waals surface area contributed by atoms with E-state index in [9.17, 15) is 0 Å². The van der Waals surface area contributed by atoms with Crippen molar-refractivity contribution in [3.8, 4) is 12.3 Å². The maximum Gasteiger partial charge on any atom is 0.107 e. The molecule has 32 heavy (non-hydrogen) atoms. The van der Waals surface area contributed by atoms with Gasteiger partial charge >= 0.3 is 0 Å². The number of hydrogen-bond donors (Lipinski definition) is 0. The van der Waals surface area contributed by atoms with E-state index in [1.165, 1.54) is 0 Å². The van der Waals surface area contributed by atoms with E-state index in [1.807, 2.05) is 30.3 Å². The van der Waals surface area contributed by atoms with Crippen molar-refractivity contribution in [2.75, 3.05) is 99.1 Å². The van der Waals surface area contributed by atoms with E-state index in [2.05, 4.69) is 5.92 Å². The quantitative estimate of drug-likeness (QED) is 0.173. The van der Waals surface area contributed by atoms with Crippen LogP contribution in [0.15, 0.2) is 30.3 Å². The summed E-state index contributed by atoms with van der Waals surface area (Å²) in [5, 5.41) is 0. The number of hydrogen-bond acceptors (Lipinski definition) is 8. The molecule has 0 N–H and O–H groups in total. The molecule has 0 unspecified atom stereocenters. The summed E-state index contributed by atoms with van der Waals surface area (Å²) in [5.74, 6) is 2.40. The summed E-state index contributed by atoms with van der Waals surface area (Å²) >= 11 is 0. The first-order valence-corrected chi connectivity index (χ1v) is 11.0. The second kappa shape index (κ2) is 24.1. The van der Waals surface area contributed by atoms with Crippen LogP contribution in [-0.2, 0) is 44.5 Å². The molecule has 0 aliphatic carbocycles. The molecule has 0 bridgehead atoms. The summed E-state index contributed by atoms with van der Waals surface area (Å²) in [5.41, 5.74) is 1.16. The van der Waals surface area contributed by atoms with Crippen molar-refractivity contribution in [3.63, 3.8) is 0 Å². The molecule has 182 valence electrons. The Hall–Kier alpha value is -1.54. The van der Waals surface area contributed by atoms with E-state index < -0.39 is 0 Å². The van der Waals surface area contributed by atoms with Crippen LogP contribution >= 0.6 is 0 Å². The predicted octanol–water partition coefficient (Wildman–Crippen LogP) is 1.95. The second-order valence-electron chi connectivity index (χ2n) is 6.47. The number of rotatable bonds is 24. The van der Waals surface area contributed by atoms with Crippen molar-refractivity contribution in [1.29, 1.82) is 0 Å². The Kier molecular flexibility index (Phi) is 21.5. The fraction of sp³-hybridized carbons (Fsp3) is 0.667. The maximum atomic E-state index is 5.54. The van der Waals surface area contributed by atoms with Crippen molar-refractivity contribution < 1.29 is 37.9 Å². The van der Waals surface area contributed by atoms with Gasteiger partial charge in [0.15, 0.2) is 0 Å². The van der Waals surface area contributed by atoms with Crippen LogP contribution in [0, 0.1) is 12.3 Å². The van der Waals surface area contributed by atoms with E-state index in [1.54, 1.807) is 0 Å². The summed E-state index contributed by atoms with van der Waals surface area (Å²) in [6.07, 6.45) is 5.06. The highest BCUT2D eigenvalue weighted by molar-refractivity contribution is 5.13. The highest BCUT2D eigenvalue weighted by Crippen LogP contribution is 1.99. The molecule has 0 atom stereocenters. The Bertz CT molecular complexity index is 535. The Morgan fingerprint density at radius 3 is 1.19 bits per heavy atom. The number of terminal acetylenes is 1. The van der Waals surface area contributed by atoms with Gasteiger partial charge in [-0.15, -0.1) is 6.42 Å². The van der Waals surface area contributed by atoms with E-state index >= 15 is 0 Å². The minimum atomic E-state index is 0.315. The highest BCUT2D eigenvalue weighted by Gasteiger charge is 1.95. The van der Waals surface area contributed by atoms with Crippen LogP contribution in [0.5, 0.6) is 0 Å². The average Bonchev–Trinajstić information content (AvgIpc) is 2.82. The molecular formula is C24H38O8. The Morgan fingerprint density at radius 1 is 0.469 bits per heavy atom. The molecule has 0 saturated heterocycles. The average molecular weight is 455 g/mol. The predicted molar refractivity (Wildman–Crippen MR) is 121 cm³/mol. The molecule has 1 aromatic rings. The van der Waals surface area contributed by atoms with Crippen molar-refractivity contribution in [2.24, 2.45) is 0 Å². The van der Waals surface area contributed by atoms with Crippen LogP contribution in [0.2, 0.25) is 0 Å². The molecule has 0 aliphatic heterocycles. The maximum absolute atomic E-state index is 5.54. The first-order chi connectivity index (χ1) is 15.9. The van der Waals surface area contributed by atoms with E-state index in [0.717, 1.165) is 5.56 Å². The first kappa shape index (κ1) is 28.5. The molecule has 0 fully saturated rings. The van der Waals surface area contributed by atoms with Crippen LogP contribution in [0.3, 0.4) is 0 Å². The third kappa shape index (κ3) is 20.4. The summed E-state index contributed by atoms with van der Waals surface area (Å²) in [7, 11) is 0. The molecule has 8 heteroatoms. The van der Waals surface area contributed by atoms with Crippen LogP contribution in [0.25, 0.3) is 0 Å².